The SMILES string of the molecule is CCNC(=NCc1ccc(N2CCSCC2)cc1)NC(C)Cc1c(C)nn(C)c1C. The number of guanidine groups is 1. The van der Waals surface area contributed by atoms with E-state index in [-0.39, 0.29) is 6.04 Å². The van der Waals surface area contributed by atoms with Crippen LogP contribution in [0.3, 0.4) is 0 Å². The molecule has 1 aliphatic rings. The fraction of sp³-hybridized carbons (Fsp3) is 0.565. The quantitative estimate of drug-likeness (QED) is 0.524. The highest BCUT2D eigenvalue weighted by molar-refractivity contribution is 7.99. The molecule has 1 aromatic carbocycles. The van der Waals surface area contributed by atoms with E-state index < -0.39 is 0 Å². The van der Waals surface area contributed by atoms with Crippen LogP contribution < -0.4 is 15.5 Å². The van der Waals surface area contributed by atoms with Crippen molar-refractivity contribution in [3.63, 3.8) is 0 Å². The van der Waals surface area contributed by atoms with Crippen LogP contribution in [0.25, 0.3) is 0 Å². The monoisotopic (exact) mass is 428 g/mol. The molecule has 6 nitrogen and oxygen atoms in total. The lowest BCUT2D eigenvalue weighted by Gasteiger charge is -2.28. The molecule has 1 unspecified atom stereocenters. The number of aromatic nitrogens is 2. The van der Waals surface area contributed by atoms with Crippen LogP contribution in [0.2, 0.25) is 0 Å². The van der Waals surface area contributed by atoms with E-state index >= 15 is 0 Å². The molecular formula is C23H36N6S. The number of nitrogens with one attached hydrogen (secondary N) is 2. The van der Waals surface area contributed by atoms with Gasteiger partial charge in [0.1, 0.15) is 0 Å². The normalized spacial score (nSPS) is 15.9. The van der Waals surface area contributed by atoms with Crippen LogP contribution in [0.5, 0.6) is 0 Å². The van der Waals surface area contributed by atoms with Gasteiger partial charge in [-0.05, 0) is 57.4 Å². The molecule has 3 rings (SSSR count). The Labute approximate surface area is 185 Å². The summed E-state index contributed by atoms with van der Waals surface area (Å²) >= 11 is 2.04. The first-order valence-electron chi connectivity index (χ1n) is 10.9. The molecule has 1 aromatic heterocycles. The number of hydrogen-bond donors (Lipinski definition) is 2. The first kappa shape index (κ1) is 22.5. The van der Waals surface area contributed by atoms with Gasteiger partial charge in [0.25, 0.3) is 0 Å². The Bertz CT molecular complexity index is 836. The average Bonchev–Trinajstić information content (AvgIpc) is 2.99. The maximum atomic E-state index is 4.81. The molecule has 0 saturated carbocycles. The molecule has 1 aliphatic heterocycles. The zero-order valence-electron chi connectivity index (χ0n) is 19.0. The van der Waals surface area contributed by atoms with Gasteiger partial charge < -0.3 is 15.5 Å². The van der Waals surface area contributed by atoms with Gasteiger partial charge in [-0.15, -0.1) is 0 Å². The number of anilines is 1. The minimum absolute atomic E-state index is 0.267. The lowest BCUT2D eigenvalue weighted by molar-refractivity contribution is 0.636. The van der Waals surface area contributed by atoms with Crippen molar-refractivity contribution in [1.29, 1.82) is 0 Å². The molecule has 0 spiro atoms. The Kier molecular flexibility index (Phi) is 8.08. The second-order valence-electron chi connectivity index (χ2n) is 7.98. The van der Waals surface area contributed by atoms with Crippen molar-refractivity contribution in [2.24, 2.45) is 12.0 Å². The zero-order valence-corrected chi connectivity index (χ0v) is 19.9. The van der Waals surface area contributed by atoms with Crippen molar-refractivity contribution >= 4 is 23.4 Å². The molecule has 0 aliphatic carbocycles. The maximum absolute atomic E-state index is 4.81. The number of rotatable bonds is 7. The zero-order chi connectivity index (χ0) is 21.5. The van der Waals surface area contributed by atoms with Gasteiger partial charge in [-0.1, -0.05) is 12.1 Å². The summed E-state index contributed by atoms with van der Waals surface area (Å²) in [5, 5.41) is 11.5. The summed E-state index contributed by atoms with van der Waals surface area (Å²) in [6.07, 6.45) is 0.929. The van der Waals surface area contributed by atoms with E-state index in [1.807, 2.05) is 23.5 Å². The minimum atomic E-state index is 0.267. The summed E-state index contributed by atoms with van der Waals surface area (Å²) in [5.74, 6) is 3.31. The Morgan fingerprint density at radius 3 is 2.50 bits per heavy atom. The number of aliphatic imine (C=N–C) groups is 1. The molecule has 0 radical (unpaired) electrons. The molecule has 1 fully saturated rings. The summed E-state index contributed by atoms with van der Waals surface area (Å²) in [4.78, 5) is 7.29. The van der Waals surface area contributed by atoms with Crippen molar-refractivity contribution in [3.8, 4) is 0 Å². The highest BCUT2D eigenvalue weighted by atomic mass is 32.2. The van der Waals surface area contributed by atoms with Crippen molar-refractivity contribution in [2.75, 3.05) is 36.0 Å². The van der Waals surface area contributed by atoms with Crippen molar-refractivity contribution in [2.45, 2.75) is 46.7 Å². The van der Waals surface area contributed by atoms with Crippen molar-refractivity contribution < 1.29 is 0 Å². The molecule has 164 valence electrons. The second kappa shape index (κ2) is 10.8. The van der Waals surface area contributed by atoms with E-state index in [2.05, 4.69) is 72.6 Å². The Morgan fingerprint density at radius 1 is 1.20 bits per heavy atom. The fourth-order valence-corrected chi connectivity index (χ4v) is 4.73. The maximum Gasteiger partial charge on any atom is 0.191 e. The van der Waals surface area contributed by atoms with E-state index in [1.165, 1.54) is 34.0 Å². The first-order chi connectivity index (χ1) is 14.5. The number of thioether (sulfide) groups is 1. The predicted octanol–water partition coefficient (Wildman–Crippen LogP) is 3.28. The number of benzene rings is 1. The lowest BCUT2D eigenvalue weighted by Crippen LogP contribution is -2.43. The third-order valence-electron chi connectivity index (χ3n) is 5.63. The van der Waals surface area contributed by atoms with Crippen molar-refractivity contribution in [1.82, 2.24) is 20.4 Å². The predicted molar refractivity (Wildman–Crippen MR) is 130 cm³/mol. The van der Waals surface area contributed by atoms with Gasteiger partial charge in [0.2, 0.25) is 0 Å². The van der Waals surface area contributed by atoms with Crippen LogP contribution in [0.4, 0.5) is 5.69 Å². The van der Waals surface area contributed by atoms with Crippen LogP contribution in [-0.2, 0) is 20.0 Å². The number of aryl methyl sites for hydroxylation is 2. The van der Waals surface area contributed by atoms with Crippen molar-refractivity contribution in [3.05, 3.63) is 46.8 Å². The molecular weight excluding hydrogens is 392 g/mol. The number of nitrogens with zero attached hydrogens (tertiary/aromatic N) is 4. The molecule has 2 aromatic rings. The van der Waals surface area contributed by atoms with E-state index in [0.717, 1.165) is 37.7 Å². The Morgan fingerprint density at radius 2 is 1.90 bits per heavy atom. The summed E-state index contributed by atoms with van der Waals surface area (Å²) in [6, 6.07) is 9.14. The summed E-state index contributed by atoms with van der Waals surface area (Å²) in [6.45, 7) is 12.3. The molecule has 0 amide bonds. The third kappa shape index (κ3) is 5.94. The summed E-state index contributed by atoms with van der Waals surface area (Å²) < 4.78 is 1.96. The molecule has 1 atom stereocenters. The van der Waals surface area contributed by atoms with E-state index in [9.17, 15) is 0 Å². The molecule has 2 N–H and O–H groups in total. The second-order valence-corrected chi connectivity index (χ2v) is 9.21. The topological polar surface area (TPSA) is 57.5 Å². The van der Waals surface area contributed by atoms with Gasteiger partial charge in [-0.3, -0.25) is 4.68 Å². The van der Waals surface area contributed by atoms with Gasteiger partial charge >= 0.3 is 0 Å². The minimum Gasteiger partial charge on any atom is -0.370 e. The summed E-state index contributed by atoms with van der Waals surface area (Å²) in [5.41, 5.74) is 6.21. The summed E-state index contributed by atoms with van der Waals surface area (Å²) in [7, 11) is 2.00. The Hall–Kier alpha value is -2.15. The molecule has 0 bridgehead atoms. The van der Waals surface area contributed by atoms with E-state index in [0.29, 0.717) is 6.54 Å². The van der Waals surface area contributed by atoms with Gasteiger partial charge in [-0.2, -0.15) is 16.9 Å². The molecule has 30 heavy (non-hydrogen) atoms. The average molecular weight is 429 g/mol. The fourth-order valence-electron chi connectivity index (χ4n) is 3.83. The smallest absolute Gasteiger partial charge is 0.191 e. The van der Waals surface area contributed by atoms with E-state index in [1.54, 1.807) is 0 Å². The molecule has 7 heteroatoms. The van der Waals surface area contributed by atoms with Gasteiger partial charge in [0.05, 0.1) is 12.2 Å². The molecule has 2 heterocycles. The van der Waals surface area contributed by atoms with Crippen LogP contribution in [0.1, 0.15) is 36.4 Å². The van der Waals surface area contributed by atoms with E-state index in [4.69, 9.17) is 4.99 Å². The van der Waals surface area contributed by atoms with Crippen LogP contribution in [-0.4, -0.2) is 52.9 Å². The standard InChI is InChI=1S/C23H36N6S/c1-6-24-23(26-17(2)15-22-18(3)27-28(5)19(22)4)25-16-20-7-9-21(10-8-20)29-11-13-30-14-12-29/h7-10,17H,6,11-16H2,1-5H3,(H2,24,25,26). The van der Waals surface area contributed by atoms with Crippen LogP contribution >= 0.6 is 11.8 Å². The molecule has 1 saturated heterocycles. The van der Waals surface area contributed by atoms with Crippen LogP contribution in [0.15, 0.2) is 29.3 Å². The Balaban J connectivity index is 1.59. The lowest BCUT2D eigenvalue weighted by atomic mass is 10.1. The number of hydrogen-bond acceptors (Lipinski definition) is 4. The van der Waals surface area contributed by atoms with Gasteiger partial charge in [0, 0.05) is 55.6 Å². The van der Waals surface area contributed by atoms with Crippen LogP contribution in [0, 0.1) is 13.8 Å². The third-order valence-corrected chi connectivity index (χ3v) is 6.57. The highest BCUT2D eigenvalue weighted by Crippen LogP contribution is 2.20. The van der Waals surface area contributed by atoms with Gasteiger partial charge in [0.15, 0.2) is 5.96 Å². The van der Waals surface area contributed by atoms with Gasteiger partial charge in [-0.25, -0.2) is 4.99 Å². The highest BCUT2D eigenvalue weighted by Gasteiger charge is 2.14. The first-order valence-corrected chi connectivity index (χ1v) is 12.1. The largest absolute Gasteiger partial charge is 0.370 e.